The third-order valence-corrected chi connectivity index (χ3v) is 7.02. The summed E-state index contributed by atoms with van der Waals surface area (Å²) >= 11 is -0.794. The van der Waals surface area contributed by atoms with Crippen LogP contribution in [0.5, 0.6) is 0 Å². The second-order valence-electron chi connectivity index (χ2n) is 8.57. The molecule has 0 spiro atoms. The standard InChI is InChI=1S/C23H40O5S/c1-4-5-6-7-8-9-14-21-19(15-16-20(21)17-29(3)28)13-11-10-12-18(2)23(26,27)22(24)25/h9-11,14,18-21,26-27H,4-8,12-13,15-17H2,1-3H3,(H,24,25)/b11-10-,14-9+/t18?,19-,20-,21+,29?/m0/s1. The lowest BCUT2D eigenvalue weighted by atomic mass is 9.87. The fourth-order valence-corrected chi connectivity index (χ4v) is 5.16. The molecule has 168 valence electrons. The highest BCUT2D eigenvalue weighted by molar-refractivity contribution is 7.90. The molecule has 2 unspecified atom stereocenters. The molecular weight excluding hydrogens is 388 g/mol. The number of carboxylic acid groups (broad SMARTS) is 1. The topological polar surface area (TPSA) is 101 Å². The Kier molecular flexibility index (Phi) is 12.2. The van der Waals surface area contributed by atoms with Crippen LogP contribution in [-0.2, 0) is 16.0 Å². The van der Waals surface area contributed by atoms with Crippen LogP contribution >= 0.6 is 0 Å². The van der Waals surface area contributed by atoms with Crippen LogP contribution in [-0.4, -0.2) is 43.6 Å². The van der Waals surface area contributed by atoms with Crippen molar-refractivity contribution in [2.45, 2.75) is 77.4 Å². The van der Waals surface area contributed by atoms with Crippen LogP contribution in [0, 0.1) is 23.7 Å². The first-order valence-corrected chi connectivity index (χ1v) is 12.7. The van der Waals surface area contributed by atoms with E-state index in [1.54, 1.807) is 6.26 Å². The zero-order chi connectivity index (χ0) is 21.9. The summed E-state index contributed by atoms with van der Waals surface area (Å²) in [5, 5.41) is 28.1. The Balaban J connectivity index is 2.59. The summed E-state index contributed by atoms with van der Waals surface area (Å²) < 4.78 is 11.8. The maximum Gasteiger partial charge on any atom is 0.364 e. The number of hydrogen-bond acceptors (Lipinski definition) is 4. The van der Waals surface area contributed by atoms with Crippen molar-refractivity contribution in [3.63, 3.8) is 0 Å². The molecule has 0 saturated heterocycles. The van der Waals surface area contributed by atoms with Crippen LogP contribution in [0.25, 0.3) is 0 Å². The molecule has 3 N–H and O–H groups in total. The third-order valence-electron chi connectivity index (χ3n) is 6.13. The molecule has 0 aromatic heterocycles. The SMILES string of the molecule is CCCCCC/C=C/[C@@H]1[C@@H](C/C=C\CC(C)C(O)(O)C(=O)O)CC[C@H]1C[S+](C)[O-]. The minimum Gasteiger partial charge on any atom is -0.617 e. The van der Waals surface area contributed by atoms with Crippen molar-refractivity contribution in [1.29, 1.82) is 0 Å². The molecule has 5 atom stereocenters. The lowest BCUT2D eigenvalue weighted by Crippen LogP contribution is -2.44. The van der Waals surface area contributed by atoms with Gasteiger partial charge in [0.1, 0.15) is 5.75 Å². The van der Waals surface area contributed by atoms with Gasteiger partial charge in [0.15, 0.2) is 0 Å². The fourth-order valence-electron chi connectivity index (χ4n) is 4.17. The van der Waals surface area contributed by atoms with E-state index in [9.17, 15) is 19.6 Å². The predicted octanol–water partition coefficient (Wildman–Crippen LogP) is 4.27. The first-order valence-electron chi connectivity index (χ1n) is 11.0. The van der Waals surface area contributed by atoms with Gasteiger partial charge in [0.2, 0.25) is 0 Å². The molecule has 0 amide bonds. The van der Waals surface area contributed by atoms with E-state index < -0.39 is 28.9 Å². The molecule has 1 rings (SSSR count). The van der Waals surface area contributed by atoms with Gasteiger partial charge >= 0.3 is 5.97 Å². The summed E-state index contributed by atoms with van der Waals surface area (Å²) in [6, 6.07) is 0. The normalized spacial score (nSPS) is 25.1. The first kappa shape index (κ1) is 26.2. The van der Waals surface area contributed by atoms with E-state index in [0.717, 1.165) is 31.4 Å². The number of carbonyl (C=O) groups is 1. The van der Waals surface area contributed by atoms with E-state index in [-0.39, 0.29) is 0 Å². The van der Waals surface area contributed by atoms with Crippen LogP contribution in [0.2, 0.25) is 0 Å². The van der Waals surface area contributed by atoms with Crippen molar-refractivity contribution < 1.29 is 24.7 Å². The minimum absolute atomic E-state index is 0.298. The van der Waals surface area contributed by atoms with E-state index in [0.29, 0.717) is 24.2 Å². The van der Waals surface area contributed by atoms with Crippen molar-refractivity contribution in [2.75, 3.05) is 12.0 Å². The molecule has 1 saturated carbocycles. The zero-order valence-electron chi connectivity index (χ0n) is 18.3. The molecule has 0 bridgehead atoms. The predicted molar refractivity (Wildman–Crippen MR) is 119 cm³/mol. The van der Waals surface area contributed by atoms with E-state index in [1.807, 2.05) is 12.2 Å². The van der Waals surface area contributed by atoms with Crippen molar-refractivity contribution in [3.05, 3.63) is 24.3 Å². The van der Waals surface area contributed by atoms with Gasteiger partial charge in [0, 0.05) is 11.8 Å². The van der Waals surface area contributed by atoms with E-state index in [1.165, 1.54) is 32.6 Å². The molecule has 0 radical (unpaired) electrons. The molecule has 0 aromatic carbocycles. The smallest absolute Gasteiger partial charge is 0.364 e. The second kappa shape index (κ2) is 13.5. The summed E-state index contributed by atoms with van der Waals surface area (Å²) in [7, 11) is 0. The number of rotatable bonds is 14. The molecule has 5 nitrogen and oxygen atoms in total. The summed E-state index contributed by atoms with van der Waals surface area (Å²) in [6.45, 7) is 3.73. The Bertz CT molecular complexity index is 529. The van der Waals surface area contributed by atoms with Gasteiger partial charge in [-0.25, -0.2) is 4.79 Å². The van der Waals surface area contributed by atoms with Gasteiger partial charge in [0.05, 0.1) is 6.26 Å². The Morgan fingerprint density at radius 2 is 1.86 bits per heavy atom. The maximum atomic E-state index is 11.8. The molecule has 1 fully saturated rings. The van der Waals surface area contributed by atoms with Gasteiger partial charge in [-0.15, -0.1) is 0 Å². The summed E-state index contributed by atoms with van der Waals surface area (Å²) in [4.78, 5) is 10.9. The van der Waals surface area contributed by atoms with Crippen LogP contribution < -0.4 is 0 Å². The first-order chi connectivity index (χ1) is 13.7. The molecule has 29 heavy (non-hydrogen) atoms. The van der Waals surface area contributed by atoms with Gasteiger partial charge in [0.25, 0.3) is 5.79 Å². The van der Waals surface area contributed by atoms with Crippen molar-refractivity contribution >= 4 is 17.1 Å². The molecule has 1 aliphatic carbocycles. The zero-order valence-corrected chi connectivity index (χ0v) is 19.1. The Hall–Kier alpha value is -0.820. The van der Waals surface area contributed by atoms with Gasteiger partial charge in [-0.05, 0) is 50.4 Å². The number of aliphatic carboxylic acids is 1. The van der Waals surface area contributed by atoms with Crippen molar-refractivity contribution in [1.82, 2.24) is 0 Å². The molecule has 0 heterocycles. The largest absolute Gasteiger partial charge is 0.617 e. The molecular formula is C23H40O5S. The lowest BCUT2D eigenvalue weighted by Gasteiger charge is -2.23. The van der Waals surface area contributed by atoms with Crippen LogP contribution in [0.15, 0.2) is 24.3 Å². The van der Waals surface area contributed by atoms with Gasteiger partial charge in [-0.1, -0.05) is 68.6 Å². The van der Waals surface area contributed by atoms with E-state index in [2.05, 4.69) is 19.1 Å². The number of unbranched alkanes of at least 4 members (excludes halogenated alkanes) is 4. The Morgan fingerprint density at radius 3 is 2.48 bits per heavy atom. The lowest BCUT2D eigenvalue weighted by molar-refractivity contribution is -0.219. The second-order valence-corrected chi connectivity index (χ2v) is 10.0. The number of aliphatic hydroxyl groups is 2. The van der Waals surface area contributed by atoms with Crippen LogP contribution in [0.4, 0.5) is 0 Å². The maximum absolute atomic E-state index is 11.8. The van der Waals surface area contributed by atoms with E-state index >= 15 is 0 Å². The summed E-state index contributed by atoms with van der Waals surface area (Å²) in [5.41, 5.74) is 0. The highest BCUT2D eigenvalue weighted by Gasteiger charge is 2.39. The van der Waals surface area contributed by atoms with Gasteiger partial charge < -0.3 is 19.9 Å². The Morgan fingerprint density at radius 1 is 1.17 bits per heavy atom. The minimum atomic E-state index is -2.70. The number of allylic oxidation sites excluding steroid dienone is 4. The van der Waals surface area contributed by atoms with Gasteiger partial charge in [-0.2, -0.15) is 0 Å². The fraction of sp³-hybridized carbons (Fsp3) is 0.783. The highest BCUT2D eigenvalue weighted by atomic mass is 32.2. The molecule has 0 aliphatic heterocycles. The quantitative estimate of drug-likeness (QED) is 0.166. The van der Waals surface area contributed by atoms with Gasteiger partial charge in [-0.3, -0.25) is 0 Å². The average molecular weight is 429 g/mol. The number of hydrogen-bond donors (Lipinski definition) is 3. The van der Waals surface area contributed by atoms with Crippen LogP contribution in [0.1, 0.15) is 71.6 Å². The molecule has 1 aliphatic rings. The van der Waals surface area contributed by atoms with Crippen LogP contribution in [0.3, 0.4) is 0 Å². The van der Waals surface area contributed by atoms with E-state index in [4.69, 9.17) is 5.11 Å². The monoisotopic (exact) mass is 428 g/mol. The van der Waals surface area contributed by atoms with Crippen molar-refractivity contribution in [3.8, 4) is 0 Å². The molecule has 0 aromatic rings. The molecule has 6 heteroatoms. The third kappa shape index (κ3) is 9.24. The Labute approximate surface area is 179 Å². The summed E-state index contributed by atoms with van der Waals surface area (Å²) in [6.07, 6.45) is 19.8. The van der Waals surface area contributed by atoms with Crippen molar-refractivity contribution in [2.24, 2.45) is 23.7 Å². The number of carboxylic acids is 1. The highest BCUT2D eigenvalue weighted by Crippen LogP contribution is 2.41. The summed E-state index contributed by atoms with van der Waals surface area (Å²) in [5.74, 6) is -2.97. The average Bonchev–Trinajstić information content (AvgIpc) is 3.02.